The van der Waals surface area contributed by atoms with E-state index in [2.05, 4.69) is 24.1 Å². The smallest absolute Gasteiger partial charge is 0.305 e. The molecule has 2 N–H and O–H groups in total. The summed E-state index contributed by atoms with van der Waals surface area (Å²) in [5, 5.41) is 12.3. The van der Waals surface area contributed by atoms with Gasteiger partial charge in [0.05, 0.1) is 12.0 Å². The quantitative estimate of drug-likeness (QED) is 0.748. The molecule has 0 saturated carbocycles. The van der Waals surface area contributed by atoms with Crippen LogP contribution >= 0.6 is 0 Å². The lowest BCUT2D eigenvalue weighted by molar-refractivity contribution is -0.142. The summed E-state index contributed by atoms with van der Waals surface area (Å²) in [5.41, 5.74) is -0.0999. The van der Waals surface area contributed by atoms with E-state index in [1.807, 2.05) is 0 Å². The average molecular weight is 226 g/mol. The lowest BCUT2D eigenvalue weighted by atomic mass is 9.84. The molecule has 2 aliphatic heterocycles. The van der Waals surface area contributed by atoms with E-state index >= 15 is 0 Å². The van der Waals surface area contributed by atoms with Gasteiger partial charge in [0, 0.05) is 19.1 Å². The van der Waals surface area contributed by atoms with Crippen LogP contribution in [0.2, 0.25) is 0 Å². The molecule has 1 unspecified atom stereocenters. The van der Waals surface area contributed by atoms with Gasteiger partial charge >= 0.3 is 5.97 Å². The molecule has 16 heavy (non-hydrogen) atoms. The summed E-state index contributed by atoms with van der Waals surface area (Å²) in [6.45, 7) is 7.22. The highest BCUT2D eigenvalue weighted by molar-refractivity contribution is 5.69. The number of likely N-dealkylation sites (tertiary alicyclic amines) is 1. The van der Waals surface area contributed by atoms with Crippen LogP contribution in [0.25, 0.3) is 0 Å². The van der Waals surface area contributed by atoms with Gasteiger partial charge in [-0.2, -0.15) is 0 Å². The molecule has 0 aromatic rings. The second kappa shape index (κ2) is 4.34. The predicted molar refractivity (Wildman–Crippen MR) is 62.4 cm³/mol. The van der Waals surface area contributed by atoms with Gasteiger partial charge < -0.3 is 10.4 Å². The molecule has 0 amide bonds. The van der Waals surface area contributed by atoms with Crippen molar-refractivity contribution in [1.29, 1.82) is 0 Å². The molecule has 4 nitrogen and oxygen atoms in total. The predicted octanol–water partition coefficient (Wildman–Crippen LogP) is 0.924. The third-order valence-corrected chi connectivity index (χ3v) is 4.07. The Balaban J connectivity index is 2.11. The van der Waals surface area contributed by atoms with Crippen LogP contribution in [0.5, 0.6) is 0 Å². The van der Waals surface area contributed by atoms with Crippen LogP contribution in [0.4, 0.5) is 0 Å². The fourth-order valence-electron chi connectivity index (χ4n) is 3.20. The molecule has 92 valence electrons. The van der Waals surface area contributed by atoms with Gasteiger partial charge in [0.15, 0.2) is 0 Å². The number of hydrogen-bond donors (Lipinski definition) is 2. The maximum Gasteiger partial charge on any atom is 0.305 e. The minimum atomic E-state index is -0.670. The number of nitrogens with one attached hydrogen (secondary N) is 1. The number of hydrogen-bond acceptors (Lipinski definition) is 3. The molecule has 2 fully saturated rings. The van der Waals surface area contributed by atoms with Crippen LogP contribution in [0, 0.1) is 5.92 Å². The van der Waals surface area contributed by atoms with E-state index in [0.29, 0.717) is 12.0 Å². The molecule has 4 heteroatoms. The van der Waals surface area contributed by atoms with Gasteiger partial charge in [-0.15, -0.1) is 0 Å². The van der Waals surface area contributed by atoms with Crippen LogP contribution in [0.1, 0.15) is 33.1 Å². The molecule has 0 spiro atoms. The van der Waals surface area contributed by atoms with Crippen molar-refractivity contribution in [2.75, 3.05) is 19.6 Å². The molecule has 0 aromatic carbocycles. The maximum absolute atomic E-state index is 11.0. The molecule has 2 saturated heterocycles. The molecule has 0 radical (unpaired) electrons. The van der Waals surface area contributed by atoms with Gasteiger partial charge in [0.25, 0.3) is 0 Å². The van der Waals surface area contributed by atoms with Crippen molar-refractivity contribution in [3.8, 4) is 0 Å². The second-order valence-electron chi connectivity index (χ2n) is 5.55. The van der Waals surface area contributed by atoms with Crippen molar-refractivity contribution in [3.05, 3.63) is 0 Å². The largest absolute Gasteiger partial charge is 0.481 e. The van der Waals surface area contributed by atoms with E-state index in [9.17, 15) is 4.79 Å². The van der Waals surface area contributed by atoms with Crippen molar-refractivity contribution < 1.29 is 9.90 Å². The average Bonchev–Trinajstić information content (AvgIpc) is 2.59. The summed E-state index contributed by atoms with van der Waals surface area (Å²) in [7, 11) is 0. The summed E-state index contributed by atoms with van der Waals surface area (Å²) < 4.78 is 0. The molecule has 0 bridgehead atoms. The van der Waals surface area contributed by atoms with E-state index in [-0.39, 0.29) is 12.0 Å². The Morgan fingerprint density at radius 1 is 1.56 bits per heavy atom. The van der Waals surface area contributed by atoms with Gasteiger partial charge in [-0.1, -0.05) is 13.8 Å². The summed E-state index contributed by atoms with van der Waals surface area (Å²) in [4.78, 5) is 13.4. The first-order valence-electron chi connectivity index (χ1n) is 6.24. The fraction of sp³-hybridized carbons (Fsp3) is 0.917. The van der Waals surface area contributed by atoms with Crippen molar-refractivity contribution >= 4 is 5.97 Å². The summed E-state index contributed by atoms with van der Waals surface area (Å²) in [6, 6.07) is 0.571. The SMILES string of the molecule is CC(C)C1CCCN1C1(CC(=O)O)CNC1. The standard InChI is InChI=1S/C12H22N2O2/c1-9(2)10-4-3-5-14(10)12(6-11(15)16)7-13-8-12/h9-10,13H,3-8H2,1-2H3,(H,15,16). The maximum atomic E-state index is 11.0. The van der Waals surface area contributed by atoms with Crippen molar-refractivity contribution in [1.82, 2.24) is 10.2 Å². The highest BCUT2D eigenvalue weighted by atomic mass is 16.4. The highest BCUT2D eigenvalue weighted by Crippen LogP contribution is 2.35. The Kier molecular flexibility index (Phi) is 3.22. The van der Waals surface area contributed by atoms with Gasteiger partial charge in [-0.25, -0.2) is 0 Å². The number of carboxylic acid groups (broad SMARTS) is 1. The van der Waals surface area contributed by atoms with Gasteiger partial charge in [0.1, 0.15) is 0 Å². The molecular formula is C12H22N2O2. The number of rotatable bonds is 4. The van der Waals surface area contributed by atoms with E-state index < -0.39 is 5.97 Å². The Morgan fingerprint density at radius 3 is 2.69 bits per heavy atom. The molecule has 2 rings (SSSR count). The van der Waals surface area contributed by atoms with Crippen LogP contribution in [0.3, 0.4) is 0 Å². The molecule has 2 heterocycles. The third-order valence-electron chi connectivity index (χ3n) is 4.07. The first-order valence-corrected chi connectivity index (χ1v) is 6.24. The van der Waals surface area contributed by atoms with Crippen LogP contribution < -0.4 is 5.32 Å². The van der Waals surface area contributed by atoms with Crippen molar-refractivity contribution in [2.45, 2.75) is 44.7 Å². The zero-order chi connectivity index (χ0) is 11.8. The first kappa shape index (κ1) is 11.9. The first-order chi connectivity index (χ1) is 7.55. The third kappa shape index (κ3) is 1.96. The Bertz CT molecular complexity index is 274. The lowest BCUT2D eigenvalue weighted by Gasteiger charge is -2.51. The van der Waals surface area contributed by atoms with E-state index in [4.69, 9.17) is 5.11 Å². The van der Waals surface area contributed by atoms with Gasteiger partial charge in [0.2, 0.25) is 0 Å². The number of nitrogens with zero attached hydrogens (tertiary/aromatic N) is 1. The number of carboxylic acids is 1. The lowest BCUT2D eigenvalue weighted by Crippen LogP contribution is -2.70. The Morgan fingerprint density at radius 2 is 2.25 bits per heavy atom. The van der Waals surface area contributed by atoms with Gasteiger partial charge in [-0.3, -0.25) is 9.69 Å². The minimum absolute atomic E-state index is 0.0999. The summed E-state index contributed by atoms with van der Waals surface area (Å²) in [6.07, 6.45) is 2.71. The monoisotopic (exact) mass is 226 g/mol. The van der Waals surface area contributed by atoms with Crippen LogP contribution in [-0.4, -0.2) is 47.2 Å². The minimum Gasteiger partial charge on any atom is -0.481 e. The van der Waals surface area contributed by atoms with E-state index in [1.54, 1.807) is 0 Å². The molecule has 0 aromatic heterocycles. The van der Waals surface area contributed by atoms with E-state index in [0.717, 1.165) is 19.6 Å². The van der Waals surface area contributed by atoms with Crippen LogP contribution in [0.15, 0.2) is 0 Å². The van der Waals surface area contributed by atoms with Crippen molar-refractivity contribution in [2.24, 2.45) is 5.92 Å². The Hall–Kier alpha value is -0.610. The van der Waals surface area contributed by atoms with E-state index in [1.165, 1.54) is 12.8 Å². The van der Waals surface area contributed by atoms with Gasteiger partial charge in [-0.05, 0) is 25.3 Å². The topological polar surface area (TPSA) is 52.6 Å². The molecular weight excluding hydrogens is 204 g/mol. The second-order valence-corrected chi connectivity index (χ2v) is 5.55. The molecule has 1 atom stereocenters. The number of aliphatic carboxylic acids is 1. The summed E-state index contributed by atoms with van der Waals surface area (Å²) >= 11 is 0. The normalized spacial score (nSPS) is 29.3. The molecule has 0 aliphatic carbocycles. The Labute approximate surface area is 97.0 Å². The van der Waals surface area contributed by atoms with Crippen molar-refractivity contribution in [3.63, 3.8) is 0 Å². The highest BCUT2D eigenvalue weighted by Gasteiger charge is 2.48. The zero-order valence-electron chi connectivity index (χ0n) is 10.2. The number of carbonyl (C=O) groups is 1. The molecule has 2 aliphatic rings. The zero-order valence-corrected chi connectivity index (χ0v) is 10.2. The van der Waals surface area contributed by atoms with Crippen LogP contribution in [-0.2, 0) is 4.79 Å². The fourth-order valence-corrected chi connectivity index (χ4v) is 3.20. The summed E-state index contributed by atoms with van der Waals surface area (Å²) in [5.74, 6) is -0.0512.